The number of carbonyl (C=O) groups is 2. The quantitative estimate of drug-likeness (QED) is 0.797. The topological polar surface area (TPSA) is 58.2 Å². The van der Waals surface area contributed by atoms with Crippen LogP contribution in [0.5, 0.6) is 0 Å². The molecule has 0 atom stereocenters. The van der Waals surface area contributed by atoms with Gasteiger partial charge in [0.05, 0.1) is 0 Å². The highest BCUT2D eigenvalue weighted by atomic mass is 16.2. The summed E-state index contributed by atoms with van der Waals surface area (Å²) in [6, 6.07) is 9.27. The Bertz CT molecular complexity index is 450. The van der Waals surface area contributed by atoms with Gasteiger partial charge >= 0.3 is 0 Å². The lowest BCUT2D eigenvalue weighted by Crippen LogP contribution is -2.42. The number of amides is 2. The van der Waals surface area contributed by atoms with Crippen molar-refractivity contribution in [3.63, 3.8) is 0 Å². The largest absolute Gasteiger partial charge is 0.353 e. The molecule has 1 aromatic rings. The first-order valence-electron chi connectivity index (χ1n) is 6.22. The fourth-order valence-corrected chi connectivity index (χ4v) is 1.85. The molecular weight excluding hydrogens is 228 g/mol. The molecule has 0 aromatic heterocycles. The molecule has 2 N–H and O–H groups in total. The second-order valence-electron chi connectivity index (χ2n) is 5.03. The maximum absolute atomic E-state index is 12.1. The molecule has 0 unspecified atom stereocenters. The van der Waals surface area contributed by atoms with Crippen molar-refractivity contribution >= 4 is 17.5 Å². The lowest BCUT2D eigenvalue weighted by Gasteiger charge is -2.17. The summed E-state index contributed by atoms with van der Waals surface area (Å²) in [5.74, 6) is -0.363. The van der Waals surface area contributed by atoms with Crippen LogP contribution in [0.1, 0.15) is 26.7 Å². The lowest BCUT2D eigenvalue weighted by atomic mass is 10.0. The zero-order valence-electron chi connectivity index (χ0n) is 10.7. The minimum absolute atomic E-state index is 0.0551. The van der Waals surface area contributed by atoms with Gasteiger partial charge in [0, 0.05) is 11.7 Å². The van der Waals surface area contributed by atoms with Gasteiger partial charge in [0.15, 0.2) is 0 Å². The van der Waals surface area contributed by atoms with E-state index in [1.165, 1.54) is 0 Å². The first kappa shape index (κ1) is 12.6. The Kier molecular flexibility index (Phi) is 3.36. The van der Waals surface area contributed by atoms with Crippen LogP contribution in [-0.2, 0) is 9.59 Å². The molecule has 0 spiro atoms. The van der Waals surface area contributed by atoms with Gasteiger partial charge in [0.2, 0.25) is 11.8 Å². The second kappa shape index (κ2) is 4.80. The number of benzene rings is 1. The number of rotatable bonds is 4. The monoisotopic (exact) mass is 246 g/mol. The van der Waals surface area contributed by atoms with E-state index in [1.54, 1.807) is 0 Å². The van der Waals surface area contributed by atoms with Crippen LogP contribution in [0.3, 0.4) is 0 Å². The number of hydrogen-bond acceptors (Lipinski definition) is 2. The van der Waals surface area contributed by atoms with E-state index in [0.29, 0.717) is 12.8 Å². The van der Waals surface area contributed by atoms with Gasteiger partial charge in [0.1, 0.15) is 5.41 Å². The molecule has 1 aliphatic rings. The molecule has 1 saturated carbocycles. The highest BCUT2D eigenvalue weighted by Gasteiger charge is 2.56. The highest BCUT2D eigenvalue weighted by Crippen LogP contribution is 2.46. The van der Waals surface area contributed by atoms with Crippen molar-refractivity contribution in [1.82, 2.24) is 5.32 Å². The fraction of sp³-hybridized carbons (Fsp3) is 0.429. The van der Waals surface area contributed by atoms with Gasteiger partial charge in [-0.05, 0) is 38.8 Å². The van der Waals surface area contributed by atoms with Crippen LogP contribution in [-0.4, -0.2) is 17.9 Å². The number of hydrogen-bond donors (Lipinski definition) is 2. The van der Waals surface area contributed by atoms with Crippen LogP contribution in [0.2, 0.25) is 0 Å². The summed E-state index contributed by atoms with van der Waals surface area (Å²) in [5, 5.41) is 5.61. The van der Waals surface area contributed by atoms with E-state index in [-0.39, 0.29) is 17.9 Å². The molecule has 0 bridgehead atoms. The standard InChI is InChI=1S/C14H18N2O2/c1-10(2)15-12(17)14(8-9-14)13(18)16-11-6-4-3-5-7-11/h3-7,10H,8-9H2,1-2H3,(H,15,17)(H,16,18). The summed E-state index contributed by atoms with van der Waals surface area (Å²) >= 11 is 0. The summed E-state index contributed by atoms with van der Waals surface area (Å²) in [6.07, 6.45) is 1.26. The molecule has 0 radical (unpaired) electrons. The smallest absolute Gasteiger partial charge is 0.240 e. The SMILES string of the molecule is CC(C)NC(=O)C1(C(=O)Nc2ccccc2)CC1. The molecule has 1 aliphatic carbocycles. The van der Waals surface area contributed by atoms with E-state index in [1.807, 2.05) is 44.2 Å². The van der Waals surface area contributed by atoms with Gasteiger partial charge in [-0.15, -0.1) is 0 Å². The van der Waals surface area contributed by atoms with Crippen LogP contribution < -0.4 is 10.6 Å². The fourth-order valence-electron chi connectivity index (χ4n) is 1.85. The van der Waals surface area contributed by atoms with Gasteiger partial charge in [-0.2, -0.15) is 0 Å². The second-order valence-corrected chi connectivity index (χ2v) is 5.03. The molecule has 1 fully saturated rings. The lowest BCUT2D eigenvalue weighted by molar-refractivity contribution is -0.134. The molecule has 18 heavy (non-hydrogen) atoms. The van der Waals surface area contributed by atoms with Gasteiger partial charge < -0.3 is 10.6 Å². The van der Waals surface area contributed by atoms with Gasteiger partial charge in [-0.25, -0.2) is 0 Å². The van der Waals surface area contributed by atoms with E-state index >= 15 is 0 Å². The summed E-state index contributed by atoms with van der Waals surface area (Å²) in [5.41, 5.74) is -0.119. The first-order valence-corrected chi connectivity index (χ1v) is 6.22. The molecule has 0 saturated heterocycles. The van der Waals surface area contributed by atoms with Gasteiger partial charge in [0.25, 0.3) is 0 Å². The van der Waals surface area contributed by atoms with Crippen LogP contribution in [0.25, 0.3) is 0 Å². The average molecular weight is 246 g/mol. The third-order valence-electron chi connectivity index (χ3n) is 3.07. The molecule has 4 heteroatoms. The van der Waals surface area contributed by atoms with Crippen molar-refractivity contribution < 1.29 is 9.59 Å². The normalized spacial score (nSPS) is 16.2. The molecule has 2 rings (SSSR count). The summed E-state index contributed by atoms with van der Waals surface area (Å²) in [6.45, 7) is 3.78. The van der Waals surface area contributed by atoms with E-state index in [2.05, 4.69) is 10.6 Å². The summed E-state index contributed by atoms with van der Waals surface area (Å²) < 4.78 is 0. The number of nitrogens with one attached hydrogen (secondary N) is 2. The molecule has 2 amide bonds. The summed E-state index contributed by atoms with van der Waals surface area (Å²) in [4.78, 5) is 24.1. The highest BCUT2D eigenvalue weighted by molar-refractivity contribution is 6.13. The predicted octanol–water partition coefficient (Wildman–Crippen LogP) is 1.93. The molecule has 1 aromatic carbocycles. The third-order valence-corrected chi connectivity index (χ3v) is 3.07. The minimum Gasteiger partial charge on any atom is -0.353 e. The minimum atomic E-state index is -0.847. The van der Waals surface area contributed by atoms with Crippen molar-refractivity contribution in [1.29, 1.82) is 0 Å². The van der Waals surface area contributed by atoms with E-state index in [4.69, 9.17) is 0 Å². The number of carbonyl (C=O) groups excluding carboxylic acids is 2. The Morgan fingerprint density at radius 1 is 1.11 bits per heavy atom. The van der Waals surface area contributed by atoms with Crippen molar-refractivity contribution in [2.75, 3.05) is 5.32 Å². The van der Waals surface area contributed by atoms with Gasteiger partial charge in [-0.3, -0.25) is 9.59 Å². The van der Waals surface area contributed by atoms with Crippen molar-refractivity contribution in [2.45, 2.75) is 32.7 Å². The molecule has 0 aliphatic heterocycles. The number of para-hydroxylation sites is 1. The molecule has 0 heterocycles. The Morgan fingerprint density at radius 2 is 1.72 bits per heavy atom. The van der Waals surface area contributed by atoms with Crippen LogP contribution in [0.4, 0.5) is 5.69 Å². The first-order chi connectivity index (χ1) is 8.54. The van der Waals surface area contributed by atoms with Gasteiger partial charge in [-0.1, -0.05) is 18.2 Å². The third kappa shape index (κ3) is 2.53. The maximum atomic E-state index is 12.1. The van der Waals surface area contributed by atoms with E-state index < -0.39 is 5.41 Å². The zero-order valence-corrected chi connectivity index (χ0v) is 10.7. The van der Waals surface area contributed by atoms with Crippen LogP contribution in [0, 0.1) is 5.41 Å². The number of anilines is 1. The Hall–Kier alpha value is -1.84. The Morgan fingerprint density at radius 3 is 2.22 bits per heavy atom. The Balaban J connectivity index is 2.03. The van der Waals surface area contributed by atoms with Crippen LogP contribution >= 0.6 is 0 Å². The predicted molar refractivity (Wildman–Crippen MR) is 70.0 cm³/mol. The van der Waals surface area contributed by atoms with Crippen molar-refractivity contribution in [2.24, 2.45) is 5.41 Å². The summed E-state index contributed by atoms with van der Waals surface area (Å²) in [7, 11) is 0. The molecular formula is C14H18N2O2. The zero-order chi connectivity index (χ0) is 13.2. The molecule has 4 nitrogen and oxygen atoms in total. The average Bonchev–Trinajstić information content (AvgIpc) is 3.10. The van der Waals surface area contributed by atoms with Crippen molar-refractivity contribution in [3.8, 4) is 0 Å². The maximum Gasteiger partial charge on any atom is 0.240 e. The Labute approximate surface area is 107 Å². The van der Waals surface area contributed by atoms with Crippen molar-refractivity contribution in [3.05, 3.63) is 30.3 Å². The van der Waals surface area contributed by atoms with E-state index in [0.717, 1.165) is 5.69 Å². The van der Waals surface area contributed by atoms with E-state index in [9.17, 15) is 9.59 Å². The molecule has 96 valence electrons. The van der Waals surface area contributed by atoms with Crippen LogP contribution in [0.15, 0.2) is 30.3 Å².